The van der Waals surface area contributed by atoms with Gasteiger partial charge in [-0.3, -0.25) is 4.90 Å². The van der Waals surface area contributed by atoms with E-state index in [2.05, 4.69) is 30.9 Å². The lowest BCUT2D eigenvalue weighted by Gasteiger charge is -2.36. The second kappa shape index (κ2) is 8.24. The van der Waals surface area contributed by atoms with Crippen molar-refractivity contribution >= 4 is 23.3 Å². The molecule has 4 nitrogen and oxygen atoms in total. The van der Waals surface area contributed by atoms with Crippen LogP contribution in [0.5, 0.6) is 0 Å². The summed E-state index contributed by atoms with van der Waals surface area (Å²) >= 11 is 5.96. The summed E-state index contributed by atoms with van der Waals surface area (Å²) in [5.74, 6) is 0. The fraction of sp³-hybridized carbons (Fsp3) is 0.550. The van der Waals surface area contributed by atoms with E-state index in [9.17, 15) is 4.79 Å². The van der Waals surface area contributed by atoms with E-state index >= 15 is 0 Å². The summed E-state index contributed by atoms with van der Waals surface area (Å²) in [5.41, 5.74) is 3.39. The van der Waals surface area contributed by atoms with Gasteiger partial charge in [0.15, 0.2) is 0 Å². The minimum Gasteiger partial charge on any atom is -0.444 e. The van der Waals surface area contributed by atoms with Crippen LogP contribution in [0, 0.1) is 0 Å². The number of nitrogens with zero attached hydrogens (tertiary/aromatic N) is 2. The van der Waals surface area contributed by atoms with Gasteiger partial charge in [-0.1, -0.05) is 29.3 Å². The predicted molar refractivity (Wildman–Crippen MR) is 104 cm³/mol. The summed E-state index contributed by atoms with van der Waals surface area (Å²) in [7, 11) is 0. The normalized spacial score (nSPS) is 17.3. The molecule has 25 heavy (non-hydrogen) atoms. The molecule has 1 amide bonds. The maximum Gasteiger partial charge on any atom is 0.410 e. The van der Waals surface area contributed by atoms with E-state index in [1.165, 1.54) is 16.7 Å². The third-order valence-electron chi connectivity index (χ3n) is 4.40. The van der Waals surface area contributed by atoms with Crippen LogP contribution in [0.4, 0.5) is 4.79 Å². The van der Waals surface area contributed by atoms with Crippen molar-refractivity contribution in [3.63, 3.8) is 0 Å². The smallest absolute Gasteiger partial charge is 0.410 e. The second-order valence-corrected chi connectivity index (χ2v) is 8.09. The molecule has 0 spiro atoms. The Morgan fingerprint density at radius 3 is 2.16 bits per heavy atom. The summed E-state index contributed by atoms with van der Waals surface area (Å²) < 4.78 is 5.45. The molecule has 0 aliphatic carbocycles. The molecule has 1 heterocycles. The Kier molecular flexibility index (Phi) is 6.53. The van der Waals surface area contributed by atoms with Gasteiger partial charge in [0.05, 0.1) is 0 Å². The molecular formula is C20H29ClN2O2. The molecule has 1 aliphatic rings. The fourth-order valence-corrected chi connectivity index (χ4v) is 2.94. The number of piperazine rings is 1. The van der Waals surface area contributed by atoms with Gasteiger partial charge in [0.1, 0.15) is 5.60 Å². The van der Waals surface area contributed by atoms with Crippen LogP contribution in [0.3, 0.4) is 0 Å². The van der Waals surface area contributed by atoms with Gasteiger partial charge < -0.3 is 9.64 Å². The number of hydrogen-bond donors (Lipinski definition) is 0. The predicted octanol–water partition coefficient (Wildman–Crippen LogP) is 4.69. The van der Waals surface area contributed by atoms with Gasteiger partial charge in [-0.05, 0) is 57.9 Å². The lowest BCUT2D eigenvalue weighted by molar-refractivity contribution is 0.0152. The number of ether oxygens (including phenoxy) is 1. The molecule has 0 N–H and O–H groups in total. The third-order valence-corrected chi connectivity index (χ3v) is 4.65. The Balaban J connectivity index is 1.89. The minimum atomic E-state index is -0.441. The summed E-state index contributed by atoms with van der Waals surface area (Å²) in [4.78, 5) is 16.3. The second-order valence-electron chi connectivity index (χ2n) is 7.66. The highest BCUT2D eigenvalue weighted by atomic mass is 35.5. The van der Waals surface area contributed by atoms with E-state index in [1.807, 2.05) is 32.9 Å². The van der Waals surface area contributed by atoms with Crippen molar-refractivity contribution in [1.29, 1.82) is 0 Å². The maximum atomic E-state index is 12.1. The summed E-state index contributed by atoms with van der Waals surface area (Å²) in [6.07, 6.45) is -0.211. The highest BCUT2D eigenvalue weighted by Gasteiger charge is 2.25. The van der Waals surface area contributed by atoms with Crippen LogP contribution in [-0.4, -0.2) is 54.2 Å². The Morgan fingerprint density at radius 2 is 1.64 bits per heavy atom. The highest BCUT2D eigenvalue weighted by molar-refractivity contribution is 6.30. The highest BCUT2D eigenvalue weighted by Crippen LogP contribution is 2.21. The van der Waals surface area contributed by atoms with Crippen LogP contribution in [0.1, 0.15) is 40.2 Å². The standard InChI is InChI=1S/C20H29ClN2O2/c1-15(16(2)17-6-8-18(21)9-7-17)14-22-10-12-23(13-11-22)19(24)25-20(3,4)5/h6-9H,10-14H2,1-5H3/b16-15-. The molecule has 5 heteroatoms. The average molecular weight is 365 g/mol. The summed E-state index contributed by atoms with van der Waals surface area (Å²) in [6, 6.07) is 7.96. The monoisotopic (exact) mass is 364 g/mol. The van der Waals surface area contributed by atoms with Gasteiger partial charge in [-0.2, -0.15) is 0 Å². The molecular weight excluding hydrogens is 336 g/mol. The molecule has 1 fully saturated rings. The van der Waals surface area contributed by atoms with Gasteiger partial charge in [0.25, 0.3) is 0 Å². The van der Waals surface area contributed by atoms with Gasteiger partial charge in [0, 0.05) is 37.7 Å². The van der Waals surface area contributed by atoms with Crippen LogP contribution in [0.2, 0.25) is 5.02 Å². The quantitative estimate of drug-likeness (QED) is 0.780. The van der Waals surface area contributed by atoms with Crippen molar-refractivity contribution < 1.29 is 9.53 Å². The molecule has 0 atom stereocenters. The van der Waals surface area contributed by atoms with E-state index in [-0.39, 0.29) is 6.09 Å². The number of benzene rings is 1. The van der Waals surface area contributed by atoms with Crippen molar-refractivity contribution in [3.05, 3.63) is 40.4 Å². The zero-order valence-electron chi connectivity index (χ0n) is 15.9. The van der Waals surface area contributed by atoms with Gasteiger partial charge in [-0.25, -0.2) is 4.79 Å². The lowest BCUT2D eigenvalue weighted by Crippen LogP contribution is -2.50. The Morgan fingerprint density at radius 1 is 1.08 bits per heavy atom. The maximum absolute atomic E-state index is 12.1. The SMILES string of the molecule is C/C(CN1CCN(C(=O)OC(C)(C)C)CC1)=C(\C)c1ccc(Cl)cc1. The first-order valence-corrected chi connectivity index (χ1v) is 9.16. The first-order chi connectivity index (χ1) is 11.7. The van der Waals surface area contributed by atoms with Gasteiger partial charge in [0.2, 0.25) is 0 Å². The molecule has 0 radical (unpaired) electrons. The molecule has 0 unspecified atom stereocenters. The van der Waals surface area contributed by atoms with Crippen molar-refractivity contribution in [2.75, 3.05) is 32.7 Å². The molecule has 1 aromatic rings. The van der Waals surface area contributed by atoms with E-state index in [1.54, 1.807) is 4.90 Å². The number of carbonyl (C=O) groups excluding carboxylic acids is 1. The lowest BCUT2D eigenvalue weighted by atomic mass is 10.0. The van der Waals surface area contributed by atoms with E-state index in [0.29, 0.717) is 13.1 Å². The number of amides is 1. The number of carbonyl (C=O) groups is 1. The first kappa shape index (κ1) is 19.8. The molecule has 0 saturated carbocycles. The van der Waals surface area contributed by atoms with E-state index in [4.69, 9.17) is 16.3 Å². The fourth-order valence-electron chi connectivity index (χ4n) is 2.82. The number of halogens is 1. The largest absolute Gasteiger partial charge is 0.444 e. The zero-order chi connectivity index (χ0) is 18.6. The van der Waals surface area contributed by atoms with Crippen molar-refractivity contribution in [2.24, 2.45) is 0 Å². The Labute approximate surface area is 156 Å². The van der Waals surface area contributed by atoms with Crippen LogP contribution in [0.25, 0.3) is 5.57 Å². The number of rotatable bonds is 3. The summed E-state index contributed by atoms with van der Waals surface area (Å²) in [6.45, 7) is 14.1. The average Bonchev–Trinajstić information content (AvgIpc) is 2.54. The van der Waals surface area contributed by atoms with Crippen LogP contribution < -0.4 is 0 Å². The van der Waals surface area contributed by atoms with E-state index < -0.39 is 5.60 Å². The minimum absolute atomic E-state index is 0.211. The molecule has 138 valence electrons. The summed E-state index contributed by atoms with van der Waals surface area (Å²) in [5, 5.41) is 0.757. The Hall–Kier alpha value is -1.52. The molecule has 2 rings (SSSR count). The van der Waals surface area contributed by atoms with E-state index in [0.717, 1.165) is 24.7 Å². The third kappa shape index (κ3) is 6.05. The van der Waals surface area contributed by atoms with Crippen molar-refractivity contribution in [1.82, 2.24) is 9.80 Å². The van der Waals surface area contributed by atoms with Gasteiger partial charge in [-0.15, -0.1) is 0 Å². The first-order valence-electron chi connectivity index (χ1n) is 8.78. The number of hydrogen-bond acceptors (Lipinski definition) is 3. The molecule has 1 aliphatic heterocycles. The van der Waals surface area contributed by atoms with Crippen LogP contribution in [-0.2, 0) is 4.74 Å². The van der Waals surface area contributed by atoms with Gasteiger partial charge >= 0.3 is 6.09 Å². The Bertz CT molecular complexity index is 624. The molecule has 0 aromatic heterocycles. The van der Waals surface area contributed by atoms with Crippen molar-refractivity contribution in [2.45, 2.75) is 40.2 Å². The number of allylic oxidation sites excluding steroid dienone is 1. The zero-order valence-corrected chi connectivity index (χ0v) is 16.7. The topological polar surface area (TPSA) is 32.8 Å². The molecule has 1 saturated heterocycles. The van der Waals surface area contributed by atoms with Crippen LogP contribution in [0.15, 0.2) is 29.8 Å². The molecule has 1 aromatic carbocycles. The van der Waals surface area contributed by atoms with Crippen molar-refractivity contribution in [3.8, 4) is 0 Å². The van der Waals surface area contributed by atoms with Crippen LogP contribution >= 0.6 is 11.6 Å². The molecule has 0 bridgehead atoms.